The second-order valence-corrected chi connectivity index (χ2v) is 6.99. The first kappa shape index (κ1) is 19.0. The summed E-state index contributed by atoms with van der Waals surface area (Å²) in [4.78, 5) is 26.3. The lowest BCUT2D eigenvalue weighted by molar-refractivity contribution is -0.123. The van der Waals surface area contributed by atoms with E-state index in [1.807, 2.05) is 62.4 Å². The topological polar surface area (TPSA) is 55.8 Å². The molecule has 0 N–H and O–H groups in total. The van der Waals surface area contributed by atoms with Gasteiger partial charge in [-0.1, -0.05) is 29.8 Å². The van der Waals surface area contributed by atoms with Crippen molar-refractivity contribution in [2.24, 2.45) is 0 Å². The minimum atomic E-state index is -0.286. The lowest BCUT2D eigenvalue weighted by Crippen LogP contribution is -2.32. The smallest absolute Gasteiger partial charge is 0.293 e. The van der Waals surface area contributed by atoms with Gasteiger partial charge in [-0.15, -0.1) is 0 Å². The highest BCUT2D eigenvalue weighted by atomic mass is 32.2. The van der Waals surface area contributed by atoms with Crippen LogP contribution in [0, 0.1) is 6.92 Å². The lowest BCUT2D eigenvalue weighted by atomic mass is 10.2. The van der Waals surface area contributed by atoms with Crippen LogP contribution in [-0.2, 0) is 4.79 Å². The Labute approximate surface area is 163 Å². The van der Waals surface area contributed by atoms with Gasteiger partial charge in [0.2, 0.25) is 0 Å². The number of aryl methyl sites for hydroxylation is 1. The Morgan fingerprint density at radius 2 is 1.59 bits per heavy atom. The van der Waals surface area contributed by atoms with Crippen LogP contribution in [0.4, 0.5) is 4.79 Å². The highest BCUT2D eigenvalue weighted by Crippen LogP contribution is 2.32. The summed E-state index contributed by atoms with van der Waals surface area (Å²) < 4.78 is 11.0. The molecule has 1 heterocycles. The van der Waals surface area contributed by atoms with E-state index in [1.165, 1.54) is 4.90 Å². The summed E-state index contributed by atoms with van der Waals surface area (Å²) in [5.41, 5.74) is 1.99. The van der Waals surface area contributed by atoms with Gasteiger partial charge >= 0.3 is 0 Å². The van der Waals surface area contributed by atoms with E-state index in [0.717, 1.165) is 34.4 Å². The number of benzene rings is 2. The predicted octanol–water partition coefficient (Wildman–Crippen LogP) is 4.51. The van der Waals surface area contributed by atoms with Gasteiger partial charge < -0.3 is 9.47 Å². The fourth-order valence-corrected chi connectivity index (χ4v) is 3.43. The summed E-state index contributed by atoms with van der Waals surface area (Å²) in [5.74, 6) is 1.21. The number of imide groups is 1. The van der Waals surface area contributed by atoms with Crippen molar-refractivity contribution in [3.05, 3.63) is 64.6 Å². The van der Waals surface area contributed by atoms with Crippen LogP contribution in [-0.4, -0.2) is 35.8 Å². The third-order valence-corrected chi connectivity index (χ3v) is 4.87. The van der Waals surface area contributed by atoms with Crippen LogP contribution in [0.5, 0.6) is 11.5 Å². The van der Waals surface area contributed by atoms with Crippen molar-refractivity contribution < 1.29 is 19.1 Å². The number of carbonyl (C=O) groups is 2. The standard InChI is InChI=1S/C21H21NO4S/c1-3-25-17-10-6-16(7-11-17)14-19-20(23)22(21(24)27-19)12-13-26-18-8-4-15(2)5-9-18/h4-11,14H,3,12-13H2,1-2H3/b19-14-. The Bertz CT molecular complexity index is 843. The molecule has 3 rings (SSSR count). The van der Waals surface area contributed by atoms with Gasteiger partial charge in [-0.25, -0.2) is 0 Å². The lowest BCUT2D eigenvalue weighted by Gasteiger charge is -2.13. The Hall–Kier alpha value is -2.73. The zero-order valence-corrected chi connectivity index (χ0v) is 16.1. The number of nitrogens with zero attached hydrogens (tertiary/aromatic N) is 1. The maximum atomic E-state index is 12.5. The van der Waals surface area contributed by atoms with Gasteiger partial charge in [-0.3, -0.25) is 14.5 Å². The van der Waals surface area contributed by atoms with Crippen molar-refractivity contribution in [3.63, 3.8) is 0 Å². The van der Waals surface area contributed by atoms with E-state index >= 15 is 0 Å². The van der Waals surface area contributed by atoms with Crippen molar-refractivity contribution in [2.45, 2.75) is 13.8 Å². The number of thioether (sulfide) groups is 1. The summed E-state index contributed by atoms with van der Waals surface area (Å²) >= 11 is 0.951. The molecule has 0 radical (unpaired) electrons. The molecule has 1 aliphatic rings. The summed E-state index contributed by atoms with van der Waals surface area (Å²) in [5, 5.41) is -0.273. The van der Waals surface area contributed by atoms with Crippen LogP contribution >= 0.6 is 11.8 Å². The predicted molar refractivity (Wildman–Crippen MR) is 107 cm³/mol. The molecule has 1 aliphatic heterocycles. The Balaban J connectivity index is 1.59. The normalized spacial score (nSPS) is 15.5. The molecule has 0 atom stereocenters. The van der Waals surface area contributed by atoms with E-state index < -0.39 is 0 Å². The molecule has 0 unspecified atom stereocenters. The van der Waals surface area contributed by atoms with Crippen molar-refractivity contribution in [1.29, 1.82) is 0 Å². The van der Waals surface area contributed by atoms with E-state index in [9.17, 15) is 9.59 Å². The third kappa shape index (κ3) is 4.92. The average Bonchev–Trinajstić information content (AvgIpc) is 2.92. The number of amides is 2. The van der Waals surface area contributed by atoms with Crippen molar-refractivity contribution in [1.82, 2.24) is 4.90 Å². The average molecular weight is 383 g/mol. The zero-order valence-electron chi connectivity index (χ0n) is 15.3. The van der Waals surface area contributed by atoms with Crippen molar-refractivity contribution in [3.8, 4) is 11.5 Å². The van der Waals surface area contributed by atoms with Crippen LogP contribution in [0.3, 0.4) is 0 Å². The Morgan fingerprint density at radius 3 is 2.26 bits per heavy atom. The highest BCUT2D eigenvalue weighted by Gasteiger charge is 2.34. The highest BCUT2D eigenvalue weighted by molar-refractivity contribution is 8.18. The maximum absolute atomic E-state index is 12.5. The van der Waals surface area contributed by atoms with Gasteiger partial charge in [-0.2, -0.15) is 0 Å². The number of hydrogen-bond acceptors (Lipinski definition) is 5. The second kappa shape index (κ2) is 8.77. The summed E-state index contributed by atoms with van der Waals surface area (Å²) in [6.07, 6.45) is 1.72. The van der Waals surface area contributed by atoms with E-state index in [-0.39, 0.29) is 24.3 Å². The molecule has 2 aromatic rings. The van der Waals surface area contributed by atoms with Crippen LogP contribution in [0.25, 0.3) is 6.08 Å². The van der Waals surface area contributed by atoms with E-state index in [0.29, 0.717) is 11.5 Å². The maximum Gasteiger partial charge on any atom is 0.293 e. The summed E-state index contributed by atoms with van der Waals surface area (Å²) in [6.45, 7) is 5.01. The number of carbonyl (C=O) groups excluding carboxylic acids is 2. The van der Waals surface area contributed by atoms with E-state index in [4.69, 9.17) is 9.47 Å². The molecule has 0 spiro atoms. The summed E-state index contributed by atoms with van der Waals surface area (Å²) in [7, 11) is 0. The number of ether oxygens (including phenoxy) is 2. The molecule has 1 saturated heterocycles. The molecule has 5 nitrogen and oxygen atoms in total. The van der Waals surface area contributed by atoms with Crippen LogP contribution in [0.2, 0.25) is 0 Å². The third-order valence-electron chi connectivity index (χ3n) is 3.97. The second-order valence-electron chi connectivity index (χ2n) is 6.00. The largest absolute Gasteiger partial charge is 0.494 e. The van der Waals surface area contributed by atoms with Crippen molar-refractivity contribution >= 4 is 29.0 Å². The van der Waals surface area contributed by atoms with Crippen molar-refractivity contribution in [2.75, 3.05) is 19.8 Å². The molecule has 0 saturated carbocycles. The fraction of sp³-hybridized carbons (Fsp3) is 0.238. The van der Waals surface area contributed by atoms with Crippen LogP contribution < -0.4 is 9.47 Å². The molecule has 0 aliphatic carbocycles. The molecule has 2 amide bonds. The molecule has 1 fully saturated rings. The number of rotatable bonds is 7. The quantitative estimate of drug-likeness (QED) is 0.659. The molecule has 6 heteroatoms. The minimum absolute atomic E-state index is 0.221. The first-order valence-electron chi connectivity index (χ1n) is 8.74. The molecule has 140 valence electrons. The Morgan fingerprint density at radius 1 is 0.963 bits per heavy atom. The molecule has 0 aromatic heterocycles. The minimum Gasteiger partial charge on any atom is -0.494 e. The number of hydrogen-bond donors (Lipinski definition) is 0. The van der Waals surface area contributed by atoms with Gasteiger partial charge in [0.05, 0.1) is 18.1 Å². The van der Waals surface area contributed by atoms with E-state index in [2.05, 4.69) is 0 Å². The fourth-order valence-electron chi connectivity index (χ4n) is 2.56. The molecule has 0 bridgehead atoms. The van der Waals surface area contributed by atoms with Gasteiger partial charge in [0.25, 0.3) is 11.1 Å². The van der Waals surface area contributed by atoms with Gasteiger partial charge in [0.15, 0.2) is 0 Å². The molecular weight excluding hydrogens is 362 g/mol. The van der Waals surface area contributed by atoms with Crippen LogP contribution in [0.1, 0.15) is 18.1 Å². The first-order valence-corrected chi connectivity index (χ1v) is 9.56. The first-order chi connectivity index (χ1) is 13.1. The van der Waals surface area contributed by atoms with E-state index in [1.54, 1.807) is 6.08 Å². The monoisotopic (exact) mass is 383 g/mol. The summed E-state index contributed by atoms with van der Waals surface area (Å²) in [6, 6.07) is 15.1. The SMILES string of the molecule is CCOc1ccc(/C=C2\SC(=O)N(CCOc3ccc(C)cc3)C2=O)cc1. The molecule has 2 aromatic carbocycles. The van der Waals surface area contributed by atoms with Gasteiger partial charge in [-0.05, 0) is 61.5 Å². The Kier molecular flexibility index (Phi) is 6.19. The zero-order chi connectivity index (χ0) is 19.2. The molecular formula is C21H21NO4S. The van der Waals surface area contributed by atoms with Gasteiger partial charge in [0.1, 0.15) is 18.1 Å². The van der Waals surface area contributed by atoms with Crippen LogP contribution in [0.15, 0.2) is 53.4 Å². The molecule has 27 heavy (non-hydrogen) atoms. The van der Waals surface area contributed by atoms with Gasteiger partial charge in [0, 0.05) is 0 Å².